The van der Waals surface area contributed by atoms with E-state index in [1.54, 1.807) is 17.0 Å². The molecule has 19 heavy (non-hydrogen) atoms. The summed E-state index contributed by atoms with van der Waals surface area (Å²) in [6.07, 6.45) is 1.49. The number of pyridine rings is 1. The fourth-order valence-electron chi connectivity index (χ4n) is 1.72. The van der Waals surface area contributed by atoms with E-state index in [4.69, 9.17) is 0 Å². The monoisotopic (exact) mass is 263 g/mol. The van der Waals surface area contributed by atoms with Crippen LogP contribution in [-0.2, 0) is 0 Å². The average molecular weight is 263 g/mol. The Labute approximate surface area is 114 Å². The molecule has 0 atom stereocenters. The van der Waals surface area contributed by atoms with Crippen molar-refractivity contribution in [3.05, 3.63) is 29.6 Å². The lowest BCUT2D eigenvalue weighted by atomic mass is 10.2. The summed E-state index contributed by atoms with van der Waals surface area (Å²) in [5.74, 6) is -0.338. The quantitative estimate of drug-likeness (QED) is 0.879. The molecule has 0 aliphatic heterocycles. The largest absolute Gasteiger partial charge is 0.349 e. The van der Waals surface area contributed by atoms with Crippen LogP contribution in [-0.4, -0.2) is 40.8 Å². The topological polar surface area (TPSA) is 62.3 Å². The van der Waals surface area contributed by atoms with Crippen molar-refractivity contribution < 1.29 is 9.59 Å². The predicted molar refractivity (Wildman–Crippen MR) is 74.1 cm³/mol. The van der Waals surface area contributed by atoms with E-state index >= 15 is 0 Å². The minimum Gasteiger partial charge on any atom is -0.349 e. The van der Waals surface area contributed by atoms with Gasteiger partial charge in [0.25, 0.3) is 11.8 Å². The zero-order chi connectivity index (χ0) is 14.4. The van der Waals surface area contributed by atoms with Crippen molar-refractivity contribution in [2.24, 2.45) is 0 Å². The van der Waals surface area contributed by atoms with E-state index in [1.165, 1.54) is 6.20 Å². The Kier molecular flexibility index (Phi) is 5.48. The van der Waals surface area contributed by atoms with Crippen molar-refractivity contribution in [3.63, 3.8) is 0 Å². The van der Waals surface area contributed by atoms with Gasteiger partial charge in [0, 0.05) is 30.9 Å². The first-order valence-corrected chi connectivity index (χ1v) is 6.55. The fourth-order valence-corrected chi connectivity index (χ4v) is 1.72. The van der Waals surface area contributed by atoms with Crippen LogP contribution in [0, 0.1) is 0 Å². The SMILES string of the molecule is CCN(CC)C(=O)c1ccnc(C(=O)NC(C)C)c1. The number of rotatable bonds is 5. The highest BCUT2D eigenvalue weighted by Crippen LogP contribution is 2.06. The first-order chi connectivity index (χ1) is 8.99. The molecular weight excluding hydrogens is 242 g/mol. The third kappa shape index (κ3) is 4.05. The third-order valence-electron chi connectivity index (χ3n) is 2.71. The molecule has 2 amide bonds. The molecule has 5 nitrogen and oxygen atoms in total. The fraction of sp³-hybridized carbons (Fsp3) is 0.500. The maximum absolute atomic E-state index is 12.2. The van der Waals surface area contributed by atoms with Gasteiger partial charge in [0.2, 0.25) is 0 Å². The second-order valence-corrected chi connectivity index (χ2v) is 4.54. The molecule has 1 aromatic heterocycles. The number of carbonyl (C=O) groups is 2. The van der Waals surface area contributed by atoms with E-state index in [2.05, 4.69) is 10.3 Å². The first kappa shape index (κ1) is 15.1. The summed E-state index contributed by atoms with van der Waals surface area (Å²) < 4.78 is 0. The van der Waals surface area contributed by atoms with Crippen LogP contribution in [0.3, 0.4) is 0 Å². The molecule has 1 N–H and O–H groups in total. The van der Waals surface area contributed by atoms with Gasteiger partial charge in [-0.3, -0.25) is 14.6 Å². The van der Waals surface area contributed by atoms with Crippen molar-refractivity contribution in [3.8, 4) is 0 Å². The van der Waals surface area contributed by atoms with Gasteiger partial charge in [0.15, 0.2) is 0 Å². The van der Waals surface area contributed by atoms with Crippen molar-refractivity contribution in [1.29, 1.82) is 0 Å². The molecule has 0 unspecified atom stereocenters. The van der Waals surface area contributed by atoms with Crippen LogP contribution < -0.4 is 5.32 Å². The van der Waals surface area contributed by atoms with Gasteiger partial charge in [-0.05, 0) is 39.8 Å². The van der Waals surface area contributed by atoms with E-state index in [-0.39, 0.29) is 23.6 Å². The van der Waals surface area contributed by atoms with E-state index in [0.717, 1.165) is 0 Å². The van der Waals surface area contributed by atoms with Crippen LogP contribution in [0.4, 0.5) is 0 Å². The van der Waals surface area contributed by atoms with Crippen LogP contribution in [0.25, 0.3) is 0 Å². The molecule has 0 fully saturated rings. The highest BCUT2D eigenvalue weighted by molar-refractivity contribution is 5.98. The first-order valence-electron chi connectivity index (χ1n) is 6.55. The molecule has 0 saturated heterocycles. The predicted octanol–water partition coefficient (Wildman–Crippen LogP) is 1.70. The van der Waals surface area contributed by atoms with E-state index in [1.807, 2.05) is 27.7 Å². The normalized spacial score (nSPS) is 10.4. The Balaban J connectivity index is 2.94. The number of aromatic nitrogens is 1. The minimum atomic E-state index is -0.260. The van der Waals surface area contributed by atoms with E-state index < -0.39 is 0 Å². The highest BCUT2D eigenvalue weighted by atomic mass is 16.2. The number of carbonyl (C=O) groups excluding carboxylic acids is 2. The van der Waals surface area contributed by atoms with Crippen LogP contribution in [0.2, 0.25) is 0 Å². The Morgan fingerprint density at radius 2 is 1.95 bits per heavy atom. The van der Waals surface area contributed by atoms with Gasteiger partial charge in [0.05, 0.1) is 0 Å². The van der Waals surface area contributed by atoms with Gasteiger partial charge in [-0.1, -0.05) is 0 Å². The summed E-state index contributed by atoms with van der Waals surface area (Å²) in [6.45, 7) is 8.89. The second kappa shape index (κ2) is 6.87. The zero-order valence-corrected chi connectivity index (χ0v) is 11.9. The van der Waals surface area contributed by atoms with Crippen molar-refractivity contribution in [1.82, 2.24) is 15.2 Å². The lowest BCUT2D eigenvalue weighted by Gasteiger charge is -2.18. The van der Waals surface area contributed by atoms with Gasteiger partial charge < -0.3 is 10.2 Å². The lowest BCUT2D eigenvalue weighted by Crippen LogP contribution is -2.32. The summed E-state index contributed by atoms with van der Waals surface area (Å²) >= 11 is 0. The number of hydrogen-bond acceptors (Lipinski definition) is 3. The summed E-state index contributed by atoms with van der Waals surface area (Å²) in [4.78, 5) is 29.7. The van der Waals surface area contributed by atoms with Crippen LogP contribution in [0.1, 0.15) is 48.5 Å². The summed E-state index contributed by atoms with van der Waals surface area (Å²) in [7, 11) is 0. The zero-order valence-electron chi connectivity index (χ0n) is 11.9. The van der Waals surface area contributed by atoms with Gasteiger partial charge in [0.1, 0.15) is 5.69 Å². The van der Waals surface area contributed by atoms with Gasteiger partial charge in [-0.2, -0.15) is 0 Å². The van der Waals surface area contributed by atoms with Crippen molar-refractivity contribution >= 4 is 11.8 Å². The highest BCUT2D eigenvalue weighted by Gasteiger charge is 2.15. The molecule has 104 valence electrons. The number of nitrogens with zero attached hydrogens (tertiary/aromatic N) is 2. The Morgan fingerprint density at radius 1 is 1.32 bits per heavy atom. The van der Waals surface area contributed by atoms with Crippen molar-refractivity contribution in [2.75, 3.05) is 13.1 Å². The summed E-state index contributed by atoms with van der Waals surface area (Å²) in [5, 5.41) is 2.76. The molecule has 0 saturated carbocycles. The maximum atomic E-state index is 12.2. The van der Waals surface area contributed by atoms with Gasteiger partial charge in [-0.25, -0.2) is 0 Å². The molecule has 1 aromatic rings. The smallest absolute Gasteiger partial charge is 0.270 e. The number of hydrogen-bond donors (Lipinski definition) is 1. The molecular formula is C14H21N3O2. The number of nitrogens with one attached hydrogen (secondary N) is 1. The molecule has 1 heterocycles. The van der Waals surface area contributed by atoms with Gasteiger partial charge in [-0.15, -0.1) is 0 Å². The molecule has 0 spiro atoms. The standard InChI is InChI=1S/C14H21N3O2/c1-5-17(6-2)14(19)11-7-8-15-12(9-11)13(18)16-10(3)4/h7-10H,5-6H2,1-4H3,(H,16,18). The van der Waals surface area contributed by atoms with E-state index in [0.29, 0.717) is 18.7 Å². The summed E-state index contributed by atoms with van der Waals surface area (Å²) in [6, 6.07) is 3.21. The molecule has 0 aliphatic rings. The van der Waals surface area contributed by atoms with Crippen LogP contribution in [0.5, 0.6) is 0 Å². The molecule has 0 aromatic carbocycles. The minimum absolute atomic E-state index is 0.0384. The summed E-state index contributed by atoms with van der Waals surface area (Å²) in [5.41, 5.74) is 0.763. The average Bonchev–Trinajstić information content (AvgIpc) is 2.39. The Bertz CT molecular complexity index is 454. The molecule has 1 rings (SSSR count). The van der Waals surface area contributed by atoms with Crippen LogP contribution >= 0.6 is 0 Å². The molecule has 0 bridgehead atoms. The molecule has 5 heteroatoms. The Hall–Kier alpha value is -1.91. The van der Waals surface area contributed by atoms with Gasteiger partial charge >= 0.3 is 0 Å². The van der Waals surface area contributed by atoms with E-state index in [9.17, 15) is 9.59 Å². The lowest BCUT2D eigenvalue weighted by molar-refractivity contribution is 0.0773. The van der Waals surface area contributed by atoms with Crippen molar-refractivity contribution in [2.45, 2.75) is 33.7 Å². The van der Waals surface area contributed by atoms with Crippen LogP contribution in [0.15, 0.2) is 18.3 Å². The third-order valence-corrected chi connectivity index (χ3v) is 2.71. The second-order valence-electron chi connectivity index (χ2n) is 4.54. The number of amides is 2. The molecule has 0 aliphatic carbocycles. The Morgan fingerprint density at radius 3 is 2.47 bits per heavy atom. The maximum Gasteiger partial charge on any atom is 0.270 e. The molecule has 0 radical (unpaired) electrons.